The van der Waals surface area contributed by atoms with Crippen LogP contribution in [0.2, 0.25) is 0 Å². The van der Waals surface area contributed by atoms with Gasteiger partial charge in [0.05, 0.1) is 0 Å². The smallest absolute Gasteiger partial charge is 0.00768 e. The van der Waals surface area contributed by atoms with Gasteiger partial charge in [-0.15, -0.1) is 0 Å². The molecule has 1 heterocycles. The Hall–Kier alpha value is 0.440. The highest BCUT2D eigenvalue weighted by Gasteiger charge is 2.26. The van der Waals surface area contributed by atoms with E-state index in [0.717, 1.165) is 17.2 Å². The molecule has 17 heavy (non-hydrogen) atoms. The molecule has 0 spiro atoms. The number of likely N-dealkylation sites (tertiary alicyclic amines) is 1. The van der Waals surface area contributed by atoms with Crippen LogP contribution < -0.4 is 0 Å². The zero-order valence-corrected chi connectivity index (χ0v) is 13.7. The molecule has 1 fully saturated rings. The Bertz CT molecular complexity index is 209. The molecule has 0 aromatic rings. The second kappa shape index (κ2) is 7.13. The third kappa shape index (κ3) is 5.30. The van der Waals surface area contributed by atoms with E-state index >= 15 is 0 Å². The van der Waals surface area contributed by atoms with Crippen LogP contribution in [0.3, 0.4) is 0 Å². The Morgan fingerprint density at radius 2 is 1.94 bits per heavy atom. The van der Waals surface area contributed by atoms with Crippen LogP contribution in [0.15, 0.2) is 0 Å². The molecule has 1 rings (SSSR count). The molecular formula is C15H30BrN. The van der Waals surface area contributed by atoms with Gasteiger partial charge < -0.3 is 4.90 Å². The maximum absolute atomic E-state index is 3.70. The molecule has 1 aliphatic heterocycles. The van der Waals surface area contributed by atoms with Crippen molar-refractivity contribution in [2.24, 2.45) is 17.3 Å². The number of hydrogen-bond donors (Lipinski definition) is 0. The number of nitrogens with zero attached hydrogens (tertiary/aromatic N) is 1. The predicted octanol–water partition coefficient (Wildman–Crippen LogP) is 4.56. The second-order valence-corrected chi connectivity index (χ2v) is 7.37. The first kappa shape index (κ1) is 15.5. The van der Waals surface area contributed by atoms with Crippen molar-refractivity contribution in [3.8, 4) is 0 Å². The second-order valence-electron chi connectivity index (χ2n) is 6.72. The van der Waals surface area contributed by atoms with Crippen molar-refractivity contribution in [2.45, 2.75) is 53.4 Å². The molecular weight excluding hydrogens is 274 g/mol. The van der Waals surface area contributed by atoms with E-state index in [1.165, 1.54) is 45.3 Å². The standard InChI is InChI=1S/C15H30BrN/c1-5-13-7-6-9-17(10-8-13)12-14(11-16)15(2,3)4/h13-14H,5-12H2,1-4H3. The molecule has 0 aromatic heterocycles. The Morgan fingerprint density at radius 3 is 2.47 bits per heavy atom. The minimum Gasteiger partial charge on any atom is -0.303 e. The van der Waals surface area contributed by atoms with Gasteiger partial charge in [-0.3, -0.25) is 0 Å². The highest BCUT2D eigenvalue weighted by atomic mass is 79.9. The van der Waals surface area contributed by atoms with Crippen molar-refractivity contribution in [3.05, 3.63) is 0 Å². The first-order valence-electron chi connectivity index (χ1n) is 7.25. The fraction of sp³-hybridized carbons (Fsp3) is 1.00. The van der Waals surface area contributed by atoms with Crippen molar-refractivity contribution in [2.75, 3.05) is 25.0 Å². The summed E-state index contributed by atoms with van der Waals surface area (Å²) in [5.41, 5.74) is 0.417. The van der Waals surface area contributed by atoms with Gasteiger partial charge in [0.15, 0.2) is 0 Å². The summed E-state index contributed by atoms with van der Waals surface area (Å²) in [4.78, 5) is 2.70. The molecule has 0 amide bonds. The molecule has 0 bridgehead atoms. The van der Waals surface area contributed by atoms with E-state index in [0.29, 0.717) is 5.41 Å². The predicted molar refractivity (Wildman–Crippen MR) is 80.8 cm³/mol. The summed E-state index contributed by atoms with van der Waals surface area (Å²) in [6, 6.07) is 0. The molecule has 2 atom stereocenters. The lowest BCUT2D eigenvalue weighted by molar-refractivity contribution is 0.168. The largest absolute Gasteiger partial charge is 0.303 e. The average molecular weight is 304 g/mol. The third-order valence-electron chi connectivity index (χ3n) is 4.41. The van der Waals surface area contributed by atoms with E-state index < -0.39 is 0 Å². The topological polar surface area (TPSA) is 3.24 Å². The van der Waals surface area contributed by atoms with Crippen LogP contribution in [0, 0.1) is 17.3 Å². The first-order chi connectivity index (χ1) is 7.97. The van der Waals surface area contributed by atoms with Crippen LogP contribution in [0.25, 0.3) is 0 Å². The zero-order valence-electron chi connectivity index (χ0n) is 12.1. The molecule has 0 aliphatic carbocycles. The van der Waals surface area contributed by atoms with Crippen molar-refractivity contribution in [1.82, 2.24) is 4.90 Å². The molecule has 1 nitrogen and oxygen atoms in total. The van der Waals surface area contributed by atoms with E-state index in [9.17, 15) is 0 Å². The van der Waals surface area contributed by atoms with Crippen molar-refractivity contribution in [1.29, 1.82) is 0 Å². The Kier molecular flexibility index (Phi) is 6.50. The van der Waals surface area contributed by atoms with Gasteiger partial charge in [-0.05, 0) is 49.6 Å². The van der Waals surface area contributed by atoms with Crippen LogP contribution in [-0.2, 0) is 0 Å². The lowest BCUT2D eigenvalue weighted by atomic mass is 9.82. The van der Waals surface area contributed by atoms with Crippen LogP contribution in [-0.4, -0.2) is 29.9 Å². The molecule has 0 saturated carbocycles. The molecule has 0 aromatic carbocycles. The summed E-state index contributed by atoms with van der Waals surface area (Å²) in [6.07, 6.45) is 5.63. The van der Waals surface area contributed by atoms with Crippen molar-refractivity contribution >= 4 is 15.9 Å². The minimum absolute atomic E-state index is 0.417. The number of rotatable bonds is 4. The van der Waals surface area contributed by atoms with Crippen molar-refractivity contribution < 1.29 is 0 Å². The van der Waals surface area contributed by atoms with Crippen LogP contribution in [0.5, 0.6) is 0 Å². The number of hydrogen-bond acceptors (Lipinski definition) is 1. The summed E-state index contributed by atoms with van der Waals surface area (Å²) in [5, 5.41) is 1.13. The van der Waals surface area contributed by atoms with Gasteiger partial charge in [0.2, 0.25) is 0 Å². The Morgan fingerprint density at radius 1 is 1.24 bits per heavy atom. The van der Waals surface area contributed by atoms with Gasteiger partial charge in [-0.1, -0.05) is 50.0 Å². The van der Waals surface area contributed by atoms with Gasteiger partial charge in [-0.25, -0.2) is 0 Å². The highest BCUT2D eigenvalue weighted by Crippen LogP contribution is 2.29. The van der Waals surface area contributed by atoms with E-state index in [-0.39, 0.29) is 0 Å². The van der Waals surface area contributed by atoms with Gasteiger partial charge >= 0.3 is 0 Å². The van der Waals surface area contributed by atoms with Crippen LogP contribution >= 0.6 is 15.9 Å². The summed E-state index contributed by atoms with van der Waals surface area (Å²) in [6.45, 7) is 13.3. The summed E-state index contributed by atoms with van der Waals surface area (Å²) in [5.74, 6) is 1.75. The van der Waals surface area contributed by atoms with E-state index in [2.05, 4.69) is 48.5 Å². The van der Waals surface area contributed by atoms with E-state index in [1.54, 1.807) is 0 Å². The third-order valence-corrected chi connectivity index (χ3v) is 5.19. The van der Waals surface area contributed by atoms with E-state index in [1.807, 2.05) is 0 Å². The molecule has 0 N–H and O–H groups in total. The lowest BCUT2D eigenvalue weighted by Crippen LogP contribution is -2.37. The normalized spacial score (nSPS) is 25.6. The van der Waals surface area contributed by atoms with Crippen molar-refractivity contribution in [3.63, 3.8) is 0 Å². The fourth-order valence-electron chi connectivity index (χ4n) is 2.68. The molecule has 1 saturated heterocycles. The molecule has 102 valence electrons. The Labute approximate surface area is 116 Å². The van der Waals surface area contributed by atoms with Crippen LogP contribution in [0.1, 0.15) is 53.4 Å². The number of halogens is 1. The fourth-order valence-corrected chi connectivity index (χ4v) is 3.86. The summed E-state index contributed by atoms with van der Waals surface area (Å²) < 4.78 is 0. The Balaban J connectivity index is 2.45. The minimum atomic E-state index is 0.417. The average Bonchev–Trinajstić information content (AvgIpc) is 2.49. The quantitative estimate of drug-likeness (QED) is 0.688. The number of alkyl halides is 1. The highest BCUT2D eigenvalue weighted by molar-refractivity contribution is 9.09. The summed E-state index contributed by atoms with van der Waals surface area (Å²) in [7, 11) is 0. The maximum Gasteiger partial charge on any atom is 0.00768 e. The molecule has 2 heteroatoms. The van der Waals surface area contributed by atoms with Crippen LogP contribution in [0.4, 0.5) is 0 Å². The zero-order chi connectivity index (χ0) is 12.9. The van der Waals surface area contributed by atoms with E-state index in [4.69, 9.17) is 0 Å². The van der Waals surface area contributed by atoms with Gasteiger partial charge in [0, 0.05) is 11.9 Å². The maximum atomic E-state index is 3.70. The van der Waals surface area contributed by atoms with Gasteiger partial charge in [0.1, 0.15) is 0 Å². The molecule has 0 radical (unpaired) electrons. The van der Waals surface area contributed by atoms with Gasteiger partial charge in [-0.2, -0.15) is 0 Å². The molecule has 2 unspecified atom stereocenters. The summed E-state index contributed by atoms with van der Waals surface area (Å²) >= 11 is 3.70. The first-order valence-corrected chi connectivity index (χ1v) is 8.37. The monoisotopic (exact) mass is 303 g/mol. The SMILES string of the molecule is CCC1CCCN(CC(CBr)C(C)(C)C)CC1. The van der Waals surface area contributed by atoms with Gasteiger partial charge in [0.25, 0.3) is 0 Å². The molecule has 1 aliphatic rings. The lowest BCUT2D eigenvalue weighted by Gasteiger charge is -2.34.